The summed E-state index contributed by atoms with van der Waals surface area (Å²) < 4.78 is 5.08. The van der Waals surface area contributed by atoms with E-state index in [0.717, 1.165) is 11.1 Å². The lowest BCUT2D eigenvalue weighted by Gasteiger charge is -2.09. The van der Waals surface area contributed by atoms with Crippen LogP contribution in [0.15, 0.2) is 12.1 Å². The molecule has 1 aromatic carbocycles. The summed E-state index contributed by atoms with van der Waals surface area (Å²) in [4.78, 5) is 11.0. The normalized spacial score (nSPS) is 9.71. The Labute approximate surface area is 84.1 Å². The SMILES string of the molecule is CNC(=O)Oc1cc(C)c(C)cc1C. The van der Waals surface area contributed by atoms with Crippen LogP contribution in [0.1, 0.15) is 16.7 Å². The molecule has 0 aliphatic heterocycles. The fourth-order valence-corrected chi connectivity index (χ4v) is 1.19. The number of carbonyl (C=O) groups is 1. The second-order valence-corrected chi connectivity index (χ2v) is 3.34. The fraction of sp³-hybridized carbons (Fsp3) is 0.364. The minimum atomic E-state index is -0.434. The second kappa shape index (κ2) is 4.13. The summed E-state index contributed by atoms with van der Waals surface area (Å²) in [5.41, 5.74) is 3.29. The number of nitrogens with one attached hydrogen (secondary N) is 1. The van der Waals surface area contributed by atoms with Gasteiger partial charge in [0.25, 0.3) is 0 Å². The molecular formula is C11H15NO2. The van der Waals surface area contributed by atoms with Gasteiger partial charge in [-0.2, -0.15) is 0 Å². The maximum absolute atomic E-state index is 11.0. The zero-order chi connectivity index (χ0) is 10.7. The van der Waals surface area contributed by atoms with Crippen molar-refractivity contribution in [2.75, 3.05) is 7.05 Å². The molecule has 14 heavy (non-hydrogen) atoms. The zero-order valence-electron chi connectivity index (χ0n) is 8.97. The highest BCUT2D eigenvalue weighted by atomic mass is 16.6. The van der Waals surface area contributed by atoms with Crippen LogP contribution < -0.4 is 10.1 Å². The largest absolute Gasteiger partial charge is 0.412 e. The van der Waals surface area contributed by atoms with Crippen molar-refractivity contribution in [3.05, 3.63) is 28.8 Å². The van der Waals surface area contributed by atoms with Gasteiger partial charge in [0.2, 0.25) is 0 Å². The maximum Gasteiger partial charge on any atom is 0.412 e. The molecule has 0 atom stereocenters. The van der Waals surface area contributed by atoms with Gasteiger partial charge >= 0.3 is 6.09 Å². The molecule has 0 aliphatic carbocycles. The van der Waals surface area contributed by atoms with Gasteiger partial charge in [0, 0.05) is 7.05 Å². The van der Waals surface area contributed by atoms with Crippen LogP contribution >= 0.6 is 0 Å². The third-order valence-electron chi connectivity index (χ3n) is 2.20. The number of carbonyl (C=O) groups excluding carboxylic acids is 1. The lowest BCUT2D eigenvalue weighted by molar-refractivity contribution is 0.202. The zero-order valence-corrected chi connectivity index (χ0v) is 8.97. The Bertz CT molecular complexity index is 359. The van der Waals surface area contributed by atoms with E-state index in [-0.39, 0.29) is 0 Å². The number of hydrogen-bond donors (Lipinski definition) is 1. The third-order valence-corrected chi connectivity index (χ3v) is 2.20. The van der Waals surface area contributed by atoms with E-state index < -0.39 is 6.09 Å². The van der Waals surface area contributed by atoms with Gasteiger partial charge in [-0.25, -0.2) is 4.79 Å². The van der Waals surface area contributed by atoms with Gasteiger partial charge in [0.15, 0.2) is 0 Å². The molecule has 1 N–H and O–H groups in total. The Kier molecular flexibility index (Phi) is 3.12. The van der Waals surface area contributed by atoms with Crippen LogP contribution in [0.3, 0.4) is 0 Å². The van der Waals surface area contributed by atoms with Gasteiger partial charge in [-0.3, -0.25) is 0 Å². The van der Waals surface area contributed by atoms with Crippen molar-refractivity contribution in [3.63, 3.8) is 0 Å². The summed E-state index contributed by atoms with van der Waals surface area (Å²) in [6, 6.07) is 3.88. The molecule has 0 aliphatic rings. The summed E-state index contributed by atoms with van der Waals surface area (Å²) in [6.45, 7) is 5.95. The van der Waals surface area contributed by atoms with Gasteiger partial charge in [-0.15, -0.1) is 0 Å². The van der Waals surface area contributed by atoms with Crippen LogP contribution in [0, 0.1) is 20.8 Å². The lowest BCUT2D eigenvalue weighted by Crippen LogP contribution is -2.22. The Balaban J connectivity index is 2.98. The van der Waals surface area contributed by atoms with Gasteiger partial charge in [0.1, 0.15) is 5.75 Å². The standard InChI is InChI=1S/C11H15NO2/c1-7-5-9(3)10(6-8(7)2)14-11(13)12-4/h5-6H,1-4H3,(H,12,13). The number of ether oxygens (including phenoxy) is 1. The van der Waals surface area contributed by atoms with E-state index in [2.05, 4.69) is 5.32 Å². The highest BCUT2D eigenvalue weighted by Crippen LogP contribution is 2.22. The van der Waals surface area contributed by atoms with E-state index in [1.54, 1.807) is 7.05 Å². The highest BCUT2D eigenvalue weighted by Gasteiger charge is 2.06. The van der Waals surface area contributed by atoms with Crippen LogP contribution in [0.4, 0.5) is 4.79 Å². The molecule has 0 unspecified atom stereocenters. The molecule has 0 radical (unpaired) electrons. The van der Waals surface area contributed by atoms with Crippen molar-refractivity contribution < 1.29 is 9.53 Å². The number of amides is 1. The molecular weight excluding hydrogens is 178 g/mol. The van der Waals surface area contributed by atoms with Crippen LogP contribution in [-0.2, 0) is 0 Å². The van der Waals surface area contributed by atoms with Crippen LogP contribution in [0.25, 0.3) is 0 Å². The van der Waals surface area contributed by atoms with Crippen molar-refractivity contribution in [2.24, 2.45) is 0 Å². The molecule has 0 heterocycles. The minimum Gasteiger partial charge on any atom is -0.410 e. The van der Waals surface area contributed by atoms with E-state index in [0.29, 0.717) is 5.75 Å². The first-order valence-corrected chi connectivity index (χ1v) is 4.52. The molecule has 0 saturated heterocycles. The third kappa shape index (κ3) is 2.25. The van der Waals surface area contributed by atoms with Crippen LogP contribution in [0.2, 0.25) is 0 Å². The first-order valence-electron chi connectivity index (χ1n) is 4.52. The Morgan fingerprint density at radius 2 is 1.71 bits per heavy atom. The average Bonchev–Trinajstić information content (AvgIpc) is 2.14. The van der Waals surface area contributed by atoms with Crippen molar-refractivity contribution in [2.45, 2.75) is 20.8 Å². The Hall–Kier alpha value is -1.51. The predicted octanol–water partition coefficient (Wildman–Crippen LogP) is 2.33. The van der Waals surface area contributed by atoms with Crippen molar-refractivity contribution >= 4 is 6.09 Å². The van der Waals surface area contributed by atoms with Crippen molar-refractivity contribution in [1.82, 2.24) is 5.32 Å². The summed E-state index contributed by atoms with van der Waals surface area (Å²) in [5.74, 6) is 0.618. The molecule has 0 saturated carbocycles. The van der Waals surface area contributed by atoms with E-state index in [9.17, 15) is 4.79 Å². The molecule has 0 spiro atoms. The highest BCUT2D eigenvalue weighted by molar-refractivity contribution is 5.70. The summed E-state index contributed by atoms with van der Waals surface area (Å²) in [7, 11) is 1.54. The molecule has 1 amide bonds. The minimum absolute atomic E-state index is 0.434. The fourth-order valence-electron chi connectivity index (χ4n) is 1.19. The van der Waals surface area contributed by atoms with Gasteiger partial charge in [0.05, 0.1) is 0 Å². The number of rotatable bonds is 1. The first-order chi connectivity index (χ1) is 6.54. The molecule has 3 nitrogen and oxygen atoms in total. The molecule has 0 fully saturated rings. The Morgan fingerprint density at radius 1 is 1.14 bits per heavy atom. The van der Waals surface area contributed by atoms with Crippen molar-refractivity contribution in [1.29, 1.82) is 0 Å². The van der Waals surface area contributed by atoms with E-state index in [1.807, 2.05) is 32.9 Å². The smallest absolute Gasteiger partial charge is 0.410 e. The molecule has 3 heteroatoms. The molecule has 0 bridgehead atoms. The molecule has 1 rings (SSSR count). The summed E-state index contributed by atoms with van der Waals surface area (Å²) in [6.07, 6.45) is -0.434. The van der Waals surface area contributed by atoms with E-state index in [4.69, 9.17) is 4.74 Å². The van der Waals surface area contributed by atoms with E-state index >= 15 is 0 Å². The second-order valence-electron chi connectivity index (χ2n) is 3.34. The van der Waals surface area contributed by atoms with Gasteiger partial charge in [-0.1, -0.05) is 6.07 Å². The topological polar surface area (TPSA) is 38.3 Å². The molecule has 76 valence electrons. The molecule has 1 aromatic rings. The van der Waals surface area contributed by atoms with E-state index in [1.165, 1.54) is 5.56 Å². The first kappa shape index (κ1) is 10.6. The van der Waals surface area contributed by atoms with Gasteiger partial charge in [-0.05, 0) is 43.5 Å². The van der Waals surface area contributed by atoms with Crippen molar-refractivity contribution in [3.8, 4) is 5.75 Å². The average molecular weight is 193 g/mol. The summed E-state index contributed by atoms with van der Waals surface area (Å²) in [5, 5.41) is 2.41. The van der Waals surface area contributed by atoms with Gasteiger partial charge < -0.3 is 10.1 Å². The molecule has 0 aromatic heterocycles. The van der Waals surface area contributed by atoms with Crippen LogP contribution in [-0.4, -0.2) is 13.1 Å². The number of hydrogen-bond acceptors (Lipinski definition) is 2. The number of benzene rings is 1. The number of aryl methyl sites for hydroxylation is 3. The Morgan fingerprint density at radius 3 is 2.29 bits per heavy atom. The lowest BCUT2D eigenvalue weighted by atomic mass is 10.1. The summed E-state index contributed by atoms with van der Waals surface area (Å²) >= 11 is 0. The predicted molar refractivity (Wildman–Crippen MR) is 55.7 cm³/mol. The quantitative estimate of drug-likeness (QED) is 0.743. The monoisotopic (exact) mass is 193 g/mol. The van der Waals surface area contributed by atoms with Crippen LogP contribution in [0.5, 0.6) is 5.75 Å². The maximum atomic E-state index is 11.0.